The molecule has 2 aliphatic heterocycles. The maximum absolute atomic E-state index is 6.03. The first-order valence-corrected chi connectivity index (χ1v) is 8.86. The van der Waals surface area contributed by atoms with E-state index in [0.717, 1.165) is 50.3 Å². The molecule has 5 nitrogen and oxygen atoms in total. The van der Waals surface area contributed by atoms with E-state index in [9.17, 15) is 0 Å². The molecule has 0 amide bonds. The van der Waals surface area contributed by atoms with Crippen LogP contribution < -0.4 is 9.47 Å². The monoisotopic (exact) mass is 333 g/mol. The van der Waals surface area contributed by atoms with Crippen LogP contribution in [0.15, 0.2) is 12.1 Å². The van der Waals surface area contributed by atoms with Gasteiger partial charge in [-0.2, -0.15) is 0 Å². The van der Waals surface area contributed by atoms with E-state index in [1.54, 1.807) is 0 Å². The maximum atomic E-state index is 6.03. The number of methoxy groups -OCH3 is 2. The van der Waals surface area contributed by atoms with E-state index < -0.39 is 0 Å². The number of likely N-dealkylation sites (tertiary alicyclic amines) is 1. The molecule has 3 aliphatic rings. The van der Waals surface area contributed by atoms with E-state index >= 15 is 0 Å². The first-order chi connectivity index (χ1) is 11.6. The first-order valence-electron chi connectivity index (χ1n) is 8.86. The predicted molar refractivity (Wildman–Crippen MR) is 90.5 cm³/mol. The van der Waals surface area contributed by atoms with Gasteiger partial charge in [0.25, 0.3) is 0 Å². The summed E-state index contributed by atoms with van der Waals surface area (Å²) in [6.45, 7) is 4.47. The van der Waals surface area contributed by atoms with Crippen molar-refractivity contribution in [2.75, 3.05) is 27.6 Å². The normalized spacial score (nSPS) is 32.1. The number of ether oxygens (including phenoxy) is 4. The predicted octanol–water partition coefficient (Wildman–Crippen LogP) is 2.88. The number of aryl methyl sites for hydroxylation is 1. The molecule has 0 unspecified atom stereocenters. The second-order valence-electron chi connectivity index (χ2n) is 7.27. The van der Waals surface area contributed by atoms with Crippen LogP contribution in [0.25, 0.3) is 0 Å². The second kappa shape index (κ2) is 6.21. The van der Waals surface area contributed by atoms with Gasteiger partial charge in [0.15, 0.2) is 11.5 Å². The lowest BCUT2D eigenvalue weighted by molar-refractivity contribution is -0.0947. The van der Waals surface area contributed by atoms with Crippen LogP contribution >= 0.6 is 0 Å². The summed E-state index contributed by atoms with van der Waals surface area (Å²) in [7, 11) is 3.70. The molecule has 24 heavy (non-hydrogen) atoms. The Morgan fingerprint density at radius 3 is 2.75 bits per heavy atom. The van der Waals surface area contributed by atoms with E-state index in [-0.39, 0.29) is 5.60 Å². The van der Waals surface area contributed by atoms with Crippen molar-refractivity contribution in [3.05, 3.63) is 23.3 Å². The number of hydrogen-bond donors (Lipinski definition) is 0. The minimum absolute atomic E-state index is 0.000721. The summed E-state index contributed by atoms with van der Waals surface area (Å²) in [6.07, 6.45) is 4.68. The molecular weight excluding hydrogens is 306 g/mol. The van der Waals surface area contributed by atoms with Gasteiger partial charge in [-0.15, -0.1) is 0 Å². The summed E-state index contributed by atoms with van der Waals surface area (Å²) in [5.74, 6) is 1.73. The molecule has 1 aliphatic carbocycles. The lowest BCUT2D eigenvalue weighted by Gasteiger charge is -2.43. The minimum atomic E-state index is -0.000721. The lowest BCUT2D eigenvalue weighted by atomic mass is 9.79. The molecule has 1 aromatic carbocycles. The van der Waals surface area contributed by atoms with Crippen molar-refractivity contribution >= 4 is 0 Å². The van der Waals surface area contributed by atoms with Crippen molar-refractivity contribution in [2.45, 2.75) is 56.9 Å². The van der Waals surface area contributed by atoms with Crippen molar-refractivity contribution in [3.63, 3.8) is 0 Å². The molecule has 0 bridgehead atoms. The molecule has 132 valence electrons. The highest BCUT2D eigenvalue weighted by Crippen LogP contribution is 2.44. The summed E-state index contributed by atoms with van der Waals surface area (Å²) < 4.78 is 22.7. The molecule has 5 heteroatoms. The largest absolute Gasteiger partial charge is 0.454 e. The summed E-state index contributed by atoms with van der Waals surface area (Å²) in [4.78, 5) is 2.57. The van der Waals surface area contributed by atoms with Crippen LogP contribution in [0.4, 0.5) is 0 Å². The third kappa shape index (κ3) is 2.59. The number of nitrogens with zero attached hydrogens (tertiary/aromatic N) is 1. The SMILES string of the molecule is CO[C@@H]1CC[C@@]2(OC)CCN(Cc3cc4c(cc3C)OCO4)[C@H]2C1. The Balaban J connectivity index is 1.56. The molecule has 0 aromatic heterocycles. The van der Waals surface area contributed by atoms with Gasteiger partial charge >= 0.3 is 0 Å². The van der Waals surface area contributed by atoms with Crippen molar-refractivity contribution in [3.8, 4) is 11.5 Å². The first kappa shape index (κ1) is 16.2. The molecule has 4 rings (SSSR count). The number of fused-ring (bicyclic) bond motifs is 2. The van der Waals surface area contributed by atoms with E-state index in [1.807, 2.05) is 14.2 Å². The van der Waals surface area contributed by atoms with Crippen LogP contribution in [0.1, 0.15) is 36.8 Å². The molecule has 0 N–H and O–H groups in total. The number of hydrogen-bond acceptors (Lipinski definition) is 5. The van der Waals surface area contributed by atoms with E-state index in [2.05, 4.69) is 24.0 Å². The Labute approximate surface area is 143 Å². The number of rotatable bonds is 4. The Morgan fingerprint density at radius 1 is 1.21 bits per heavy atom. The van der Waals surface area contributed by atoms with Gasteiger partial charge in [0, 0.05) is 33.4 Å². The van der Waals surface area contributed by atoms with Gasteiger partial charge in [0.1, 0.15) is 0 Å². The average molecular weight is 333 g/mol. The minimum Gasteiger partial charge on any atom is -0.454 e. The highest BCUT2D eigenvalue weighted by atomic mass is 16.7. The summed E-state index contributed by atoms with van der Waals surface area (Å²) in [6, 6.07) is 4.66. The summed E-state index contributed by atoms with van der Waals surface area (Å²) >= 11 is 0. The molecule has 1 aromatic rings. The van der Waals surface area contributed by atoms with Gasteiger partial charge in [-0.1, -0.05) is 0 Å². The van der Waals surface area contributed by atoms with E-state index in [0.29, 0.717) is 18.9 Å². The molecular formula is C19H27NO4. The van der Waals surface area contributed by atoms with E-state index in [4.69, 9.17) is 18.9 Å². The van der Waals surface area contributed by atoms with Crippen LogP contribution in [0.5, 0.6) is 11.5 Å². The van der Waals surface area contributed by atoms with Crippen LogP contribution in [0.2, 0.25) is 0 Å². The lowest BCUT2D eigenvalue weighted by Crippen LogP contribution is -2.51. The molecule has 1 saturated heterocycles. The fourth-order valence-corrected chi connectivity index (χ4v) is 4.63. The van der Waals surface area contributed by atoms with Crippen LogP contribution in [0, 0.1) is 6.92 Å². The summed E-state index contributed by atoms with van der Waals surface area (Å²) in [5.41, 5.74) is 2.57. The fourth-order valence-electron chi connectivity index (χ4n) is 4.63. The molecule has 2 fully saturated rings. The highest BCUT2D eigenvalue weighted by Gasteiger charge is 2.51. The maximum Gasteiger partial charge on any atom is 0.231 e. The second-order valence-corrected chi connectivity index (χ2v) is 7.27. The Morgan fingerprint density at radius 2 is 2.00 bits per heavy atom. The number of benzene rings is 1. The van der Waals surface area contributed by atoms with Crippen LogP contribution in [-0.2, 0) is 16.0 Å². The van der Waals surface area contributed by atoms with Crippen LogP contribution in [-0.4, -0.2) is 50.2 Å². The summed E-state index contributed by atoms with van der Waals surface area (Å²) in [5, 5.41) is 0. The Kier molecular flexibility index (Phi) is 4.19. The van der Waals surface area contributed by atoms with Crippen molar-refractivity contribution in [2.24, 2.45) is 0 Å². The van der Waals surface area contributed by atoms with Crippen molar-refractivity contribution in [1.82, 2.24) is 4.90 Å². The highest BCUT2D eigenvalue weighted by molar-refractivity contribution is 5.48. The molecule has 2 heterocycles. The van der Waals surface area contributed by atoms with Gasteiger partial charge in [0.2, 0.25) is 6.79 Å². The topological polar surface area (TPSA) is 40.2 Å². The third-order valence-corrected chi connectivity index (χ3v) is 6.19. The van der Waals surface area contributed by atoms with E-state index in [1.165, 1.54) is 11.1 Å². The zero-order valence-corrected chi connectivity index (χ0v) is 14.8. The van der Waals surface area contributed by atoms with Gasteiger partial charge in [-0.05, 0) is 55.9 Å². The van der Waals surface area contributed by atoms with Crippen molar-refractivity contribution < 1.29 is 18.9 Å². The van der Waals surface area contributed by atoms with Gasteiger partial charge < -0.3 is 18.9 Å². The molecule has 0 radical (unpaired) electrons. The van der Waals surface area contributed by atoms with Gasteiger partial charge in [-0.25, -0.2) is 0 Å². The molecule has 0 spiro atoms. The fraction of sp³-hybridized carbons (Fsp3) is 0.684. The van der Waals surface area contributed by atoms with Gasteiger partial charge in [-0.3, -0.25) is 4.90 Å². The zero-order chi connectivity index (χ0) is 16.7. The van der Waals surface area contributed by atoms with Crippen molar-refractivity contribution in [1.29, 1.82) is 0 Å². The Hall–Kier alpha value is -1.30. The quantitative estimate of drug-likeness (QED) is 0.847. The standard InChI is InChI=1S/C19H27NO4/c1-13-8-16-17(24-12-23-16)9-14(13)11-20-7-6-19(22-3)5-4-15(21-2)10-18(19)20/h8-9,15,18H,4-7,10-12H2,1-3H3/t15-,18+,19-/m1/s1. The smallest absolute Gasteiger partial charge is 0.231 e. The zero-order valence-electron chi connectivity index (χ0n) is 14.8. The molecule has 1 saturated carbocycles. The average Bonchev–Trinajstić information content (AvgIpc) is 3.19. The van der Waals surface area contributed by atoms with Gasteiger partial charge in [0.05, 0.1) is 11.7 Å². The molecule has 3 atom stereocenters. The third-order valence-electron chi connectivity index (χ3n) is 6.19. The van der Waals surface area contributed by atoms with Crippen LogP contribution in [0.3, 0.4) is 0 Å². The Bertz CT molecular complexity index is 620.